The fraction of sp³-hybridized carbons (Fsp3) is 0.273. The van der Waals surface area contributed by atoms with Crippen LogP contribution in [0, 0.1) is 0 Å². The van der Waals surface area contributed by atoms with E-state index in [-0.39, 0.29) is 24.5 Å². The molecule has 0 fully saturated rings. The number of aryl methyl sites for hydroxylation is 2. The molecule has 0 spiro atoms. The zero-order valence-corrected chi connectivity index (χ0v) is 17.6. The SMILES string of the molecule is O=C(NCCCn1nc2c(c1C(=O)OC(=O)C(F)(F)F)CCc1cnccc1-2)c1ccccn1. The number of esters is 2. The van der Waals surface area contributed by atoms with Crippen LogP contribution in [0.5, 0.6) is 0 Å². The number of hydrogen-bond donors (Lipinski definition) is 1. The van der Waals surface area contributed by atoms with E-state index in [4.69, 9.17) is 0 Å². The second-order valence-corrected chi connectivity index (χ2v) is 7.43. The van der Waals surface area contributed by atoms with Crippen molar-refractivity contribution in [2.24, 2.45) is 0 Å². The van der Waals surface area contributed by atoms with E-state index in [1.807, 2.05) is 0 Å². The number of carbonyl (C=O) groups is 3. The number of pyridine rings is 2. The van der Waals surface area contributed by atoms with Crippen molar-refractivity contribution >= 4 is 17.8 Å². The third-order valence-corrected chi connectivity index (χ3v) is 5.19. The zero-order valence-electron chi connectivity index (χ0n) is 17.6. The molecule has 0 saturated carbocycles. The summed E-state index contributed by atoms with van der Waals surface area (Å²) in [7, 11) is 0. The van der Waals surface area contributed by atoms with Crippen LogP contribution in [-0.2, 0) is 28.9 Å². The smallest absolute Gasteiger partial charge is 0.381 e. The van der Waals surface area contributed by atoms with Crippen LogP contribution in [-0.4, -0.2) is 50.3 Å². The molecule has 0 unspecified atom stereocenters. The molecule has 3 aromatic rings. The van der Waals surface area contributed by atoms with Crippen LogP contribution in [0.4, 0.5) is 13.2 Å². The van der Waals surface area contributed by atoms with Crippen molar-refractivity contribution in [3.8, 4) is 11.3 Å². The Bertz CT molecular complexity index is 1240. The van der Waals surface area contributed by atoms with Crippen molar-refractivity contribution in [2.75, 3.05) is 6.54 Å². The third-order valence-electron chi connectivity index (χ3n) is 5.19. The van der Waals surface area contributed by atoms with Crippen molar-refractivity contribution in [1.82, 2.24) is 25.1 Å². The van der Waals surface area contributed by atoms with Gasteiger partial charge in [-0.25, -0.2) is 9.59 Å². The van der Waals surface area contributed by atoms with Gasteiger partial charge in [0.25, 0.3) is 5.91 Å². The molecule has 0 bridgehead atoms. The number of fused-ring (bicyclic) bond motifs is 3. The first-order valence-electron chi connectivity index (χ1n) is 10.3. The van der Waals surface area contributed by atoms with Gasteiger partial charge in [-0.15, -0.1) is 0 Å². The number of amides is 1. The summed E-state index contributed by atoms with van der Waals surface area (Å²) in [5.41, 5.74) is 2.43. The molecule has 1 N–H and O–H groups in total. The van der Waals surface area contributed by atoms with Gasteiger partial charge in [-0.3, -0.25) is 19.4 Å². The zero-order chi connectivity index (χ0) is 24.3. The Morgan fingerprint density at radius 3 is 2.68 bits per heavy atom. The van der Waals surface area contributed by atoms with Crippen LogP contribution in [0.25, 0.3) is 11.3 Å². The van der Waals surface area contributed by atoms with Crippen LogP contribution < -0.4 is 5.32 Å². The van der Waals surface area contributed by atoms with Crippen molar-refractivity contribution in [3.05, 3.63) is 65.4 Å². The summed E-state index contributed by atoms with van der Waals surface area (Å²) < 4.78 is 43.3. The second kappa shape index (κ2) is 9.41. The molecule has 0 aliphatic heterocycles. The molecular formula is C22H18F3N5O4. The van der Waals surface area contributed by atoms with E-state index >= 15 is 0 Å². The maximum absolute atomic E-state index is 12.7. The maximum atomic E-state index is 12.7. The number of alkyl halides is 3. The maximum Gasteiger partial charge on any atom is 0.491 e. The second-order valence-electron chi connectivity index (χ2n) is 7.43. The summed E-state index contributed by atoms with van der Waals surface area (Å²) in [5.74, 6) is -4.41. The fourth-order valence-electron chi connectivity index (χ4n) is 3.67. The van der Waals surface area contributed by atoms with E-state index < -0.39 is 24.0 Å². The number of ether oxygens (including phenoxy) is 1. The van der Waals surface area contributed by atoms with Gasteiger partial charge in [-0.05, 0) is 43.0 Å². The Kier molecular flexibility index (Phi) is 6.39. The molecule has 176 valence electrons. The monoisotopic (exact) mass is 473 g/mol. The molecule has 0 saturated heterocycles. The minimum Gasteiger partial charge on any atom is -0.381 e. The summed E-state index contributed by atoms with van der Waals surface area (Å²) >= 11 is 0. The lowest BCUT2D eigenvalue weighted by Gasteiger charge is -2.15. The van der Waals surface area contributed by atoms with E-state index in [0.717, 1.165) is 5.56 Å². The molecule has 3 aromatic heterocycles. The summed E-state index contributed by atoms with van der Waals surface area (Å²) in [4.78, 5) is 44.0. The predicted octanol–water partition coefficient (Wildman–Crippen LogP) is 2.50. The number of halogens is 3. The van der Waals surface area contributed by atoms with Crippen molar-refractivity contribution in [1.29, 1.82) is 0 Å². The highest BCUT2D eigenvalue weighted by Crippen LogP contribution is 2.34. The van der Waals surface area contributed by atoms with Crippen molar-refractivity contribution in [2.45, 2.75) is 32.0 Å². The highest BCUT2D eigenvalue weighted by atomic mass is 19.4. The molecule has 4 rings (SSSR count). The number of nitrogens with zero attached hydrogens (tertiary/aromatic N) is 4. The van der Waals surface area contributed by atoms with E-state index in [0.29, 0.717) is 36.1 Å². The first-order valence-corrected chi connectivity index (χ1v) is 10.3. The number of aromatic nitrogens is 4. The average Bonchev–Trinajstić information content (AvgIpc) is 3.20. The van der Waals surface area contributed by atoms with Gasteiger partial charge in [0.2, 0.25) is 0 Å². The van der Waals surface area contributed by atoms with Crippen molar-refractivity contribution in [3.63, 3.8) is 0 Å². The lowest BCUT2D eigenvalue weighted by molar-refractivity contribution is -0.193. The molecule has 3 heterocycles. The molecule has 1 aliphatic carbocycles. The van der Waals surface area contributed by atoms with Crippen LogP contribution in [0.1, 0.15) is 38.5 Å². The topological polar surface area (TPSA) is 116 Å². The molecule has 1 amide bonds. The molecular weight excluding hydrogens is 455 g/mol. The molecule has 12 heteroatoms. The average molecular weight is 473 g/mol. The van der Waals surface area contributed by atoms with Gasteiger partial charge < -0.3 is 10.1 Å². The number of nitrogens with one attached hydrogen (secondary N) is 1. The number of carbonyl (C=O) groups excluding carboxylic acids is 3. The first kappa shape index (κ1) is 23.1. The number of hydrogen-bond acceptors (Lipinski definition) is 7. The van der Waals surface area contributed by atoms with Crippen LogP contribution in [0.15, 0.2) is 42.9 Å². The van der Waals surface area contributed by atoms with Crippen LogP contribution in [0.3, 0.4) is 0 Å². The van der Waals surface area contributed by atoms with E-state index in [1.54, 1.807) is 36.7 Å². The first-order chi connectivity index (χ1) is 16.3. The van der Waals surface area contributed by atoms with Gasteiger partial charge in [-0.1, -0.05) is 6.07 Å². The largest absolute Gasteiger partial charge is 0.491 e. The standard InChI is InChI=1S/C22H18F3N5O4/c23-22(24,25)21(33)34-20(32)18-15-6-5-13-12-26-10-7-14(13)17(15)29-30(18)11-3-9-28-19(31)16-4-1-2-8-27-16/h1-2,4,7-8,10,12H,3,5-6,9,11H2,(H,28,31). The van der Waals surface area contributed by atoms with E-state index in [1.165, 1.54) is 10.9 Å². The summed E-state index contributed by atoms with van der Waals surface area (Å²) in [6, 6.07) is 6.60. The quantitative estimate of drug-likeness (QED) is 0.332. The van der Waals surface area contributed by atoms with E-state index in [9.17, 15) is 27.6 Å². The van der Waals surface area contributed by atoms with Crippen molar-refractivity contribution < 1.29 is 32.3 Å². The third kappa shape index (κ3) is 4.80. The molecule has 9 nitrogen and oxygen atoms in total. The molecule has 0 aromatic carbocycles. The summed E-state index contributed by atoms with van der Waals surface area (Å²) in [6.07, 6.45) is 0.493. The van der Waals surface area contributed by atoms with Crippen LogP contribution in [0.2, 0.25) is 0 Å². The Morgan fingerprint density at radius 1 is 1.12 bits per heavy atom. The van der Waals surface area contributed by atoms with Gasteiger partial charge in [0.05, 0.1) is 5.69 Å². The van der Waals surface area contributed by atoms with Gasteiger partial charge in [0, 0.05) is 42.8 Å². The fourth-order valence-corrected chi connectivity index (χ4v) is 3.67. The number of rotatable bonds is 6. The summed E-state index contributed by atoms with van der Waals surface area (Å²) in [6.45, 7) is 0.275. The predicted molar refractivity (Wildman–Crippen MR) is 111 cm³/mol. The van der Waals surface area contributed by atoms with E-state index in [2.05, 4.69) is 25.1 Å². The molecule has 1 aliphatic rings. The minimum absolute atomic E-state index is 0.0839. The highest BCUT2D eigenvalue weighted by Gasteiger charge is 2.43. The lowest BCUT2D eigenvalue weighted by Crippen LogP contribution is -2.30. The van der Waals surface area contributed by atoms with Gasteiger partial charge in [0.15, 0.2) is 5.69 Å². The van der Waals surface area contributed by atoms with Gasteiger partial charge >= 0.3 is 18.1 Å². The lowest BCUT2D eigenvalue weighted by atomic mass is 9.90. The molecule has 34 heavy (non-hydrogen) atoms. The highest BCUT2D eigenvalue weighted by molar-refractivity contribution is 5.99. The molecule has 0 radical (unpaired) electrons. The Labute approximate surface area is 191 Å². The molecule has 0 atom stereocenters. The minimum atomic E-state index is -5.31. The Morgan fingerprint density at radius 2 is 1.94 bits per heavy atom. The Hall–Kier alpha value is -4.09. The summed E-state index contributed by atoms with van der Waals surface area (Å²) in [5, 5.41) is 7.11. The normalized spacial score (nSPS) is 12.4. The van der Waals surface area contributed by atoms with Gasteiger partial charge in [-0.2, -0.15) is 18.3 Å². The van der Waals surface area contributed by atoms with Gasteiger partial charge in [0.1, 0.15) is 5.69 Å². The Balaban J connectivity index is 1.55. The van der Waals surface area contributed by atoms with Crippen LogP contribution >= 0.6 is 0 Å².